The molecule has 0 atom stereocenters. The summed E-state index contributed by atoms with van der Waals surface area (Å²) in [5.74, 6) is 0.584. The standard InChI is InChI=1S/C21H27N2.C14H19NO4S.2ClH.Ru/c1-14-9-16(3)20(17(4)10-14)22-7-8-23(13-22)21-18(5)11-15(2)12-19(21)6;1-11(2)19-14-5-4-13(10-12(14)3)20(16,17)15-6-8-18-9-7-15;;;/h9-13H,7-8H2,1-6H3;3-5,10-11H,6-9H2,1-2H3;2*1H;/q-1;;;;+2/p-2. The average molecular weight is 777 g/mol. The van der Waals surface area contributed by atoms with Gasteiger partial charge in [-0.15, -0.1) is 0 Å². The molecule has 7 nitrogen and oxygen atoms in total. The van der Waals surface area contributed by atoms with Crippen LogP contribution in [0.2, 0.25) is 0 Å². The van der Waals surface area contributed by atoms with Crippen LogP contribution in [0, 0.1) is 48.2 Å². The third-order valence-electron chi connectivity index (χ3n) is 7.84. The summed E-state index contributed by atoms with van der Waals surface area (Å²) in [4.78, 5) is 5.02. The number of aryl methyl sites for hydroxylation is 6. The third kappa shape index (κ3) is 9.12. The summed E-state index contributed by atoms with van der Waals surface area (Å²) < 4.78 is 39.5. The topological polar surface area (TPSA) is 62.3 Å². The summed E-state index contributed by atoms with van der Waals surface area (Å²) in [5, 5.41) is 0. The monoisotopic (exact) mass is 776 g/mol. The van der Waals surface area contributed by atoms with E-state index in [0.29, 0.717) is 37.6 Å². The van der Waals surface area contributed by atoms with Crippen LogP contribution in [0.5, 0.6) is 5.75 Å². The molecule has 2 saturated heterocycles. The first-order chi connectivity index (χ1) is 21.7. The maximum atomic E-state index is 12.7. The van der Waals surface area contributed by atoms with Crippen molar-refractivity contribution in [2.45, 2.75) is 66.4 Å². The number of benzene rings is 3. The minimum Gasteiger partial charge on any atom is -0.502 e. The van der Waals surface area contributed by atoms with Crippen LogP contribution in [0.1, 0.15) is 52.8 Å². The molecule has 0 spiro atoms. The van der Waals surface area contributed by atoms with E-state index in [1.807, 2.05) is 13.8 Å². The van der Waals surface area contributed by atoms with Gasteiger partial charge in [0.2, 0.25) is 0 Å². The van der Waals surface area contributed by atoms with E-state index in [-0.39, 0.29) is 11.0 Å². The van der Waals surface area contributed by atoms with Gasteiger partial charge >= 0.3 is 150 Å². The summed E-state index contributed by atoms with van der Waals surface area (Å²) in [6.45, 7) is 22.9. The molecule has 2 fully saturated rings. The van der Waals surface area contributed by atoms with E-state index in [1.54, 1.807) is 22.8 Å². The number of hydrogen-bond donors (Lipinski definition) is 0. The Bertz CT molecular complexity index is 1580. The van der Waals surface area contributed by atoms with Crippen LogP contribution in [0.3, 0.4) is 0 Å². The zero-order valence-electron chi connectivity index (χ0n) is 28.0. The van der Waals surface area contributed by atoms with E-state index < -0.39 is 23.5 Å². The Labute approximate surface area is 288 Å². The fourth-order valence-electron chi connectivity index (χ4n) is 6.24. The van der Waals surface area contributed by atoms with Crippen molar-refractivity contribution in [1.82, 2.24) is 4.31 Å². The van der Waals surface area contributed by atoms with Crippen molar-refractivity contribution in [1.29, 1.82) is 0 Å². The number of rotatable bonds is 7. The van der Waals surface area contributed by atoms with Crippen LogP contribution in [0.25, 0.3) is 0 Å². The van der Waals surface area contributed by atoms with E-state index in [9.17, 15) is 8.42 Å². The number of halogens is 2. The SMILES string of the molecule is CC(C)Oc1ccc(S(=O)(=O)N2CCOCC2)cc1[CH]=[Ru]([Cl])[Cl].Cc1cc(C)c(N2[CH-]N(c3c(C)cc(C)cc3C)CC2)c(C)c1. The van der Waals surface area contributed by atoms with Crippen LogP contribution in [0.15, 0.2) is 47.4 Å². The van der Waals surface area contributed by atoms with Crippen LogP contribution in [-0.2, 0) is 28.3 Å². The van der Waals surface area contributed by atoms with E-state index in [2.05, 4.69) is 82.3 Å². The molecule has 2 aliphatic heterocycles. The second kappa shape index (κ2) is 15.9. The smallest absolute Gasteiger partial charge is 0.0146 e. The van der Waals surface area contributed by atoms with Gasteiger partial charge in [0.1, 0.15) is 0 Å². The first kappa shape index (κ1) is 36.8. The molecule has 11 heteroatoms. The second-order valence-corrected chi connectivity index (χ2v) is 19.8. The first-order valence-electron chi connectivity index (χ1n) is 15.4. The van der Waals surface area contributed by atoms with Crippen molar-refractivity contribution in [2.75, 3.05) is 49.2 Å². The van der Waals surface area contributed by atoms with Crippen molar-refractivity contribution in [3.8, 4) is 5.75 Å². The number of ether oxygens (including phenoxy) is 2. The largest absolute Gasteiger partial charge is 0.502 e. The van der Waals surface area contributed by atoms with Gasteiger partial charge in [-0.2, -0.15) is 6.67 Å². The maximum absolute atomic E-state index is 12.7. The maximum Gasteiger partial charge on any atom is 0.0146 e. The molecule has 0 aliphatic carbocycles. The Kier molecular flexibility index (Phi) is 12.8. The third-order valence-corrected chi connectivity index (χ3v) is 11.6. The number of sulfonamides is 1. The van der Waals surface area contributed by atoms with Crippen molar-refractivity contribution in [3.63, 3.8) is 0 Å². The van der Waals surface area contributed by atoms with Gasteiger partial charge in [0.05, 0.1) is 0 Å². The van der Waals surface area contributed by atoms with Crippen LogP contribution < -0.4 is 14.5 Å². The molecule has 254 valence electrons. The zero-order chi connectivity index (χ0) is 33.8. The predicted molar refractivity (Wildman–Crippen MR) is 189 cm³/mol. The molecule has 2 aliphatic rings. The molecule has 0 unspecified atom stereocenters. The van der Waals surface area contributed by atoms with Crippen LogP contribution >= 0.6 is 19.4 Å². The van der Waals surface area contributed by atoms with Crippen LogP contribution in [-0.4, -0.2) is 62.8 Å². The normalized spacial score (nSPS) is 15.9. The molecule has 3 aromatic rings. The Morgan fingerprint density at radius 1 is 0.804 bits per heavy atom. The van der Waals surface area contributed by atoms with Gasteiger partial charge in [0.25, 0.3) is 0 Å². The van der Waals surface area contributed by atoms with E-state index in [4.69, 9.17) is 28.9 Å². The fourth-order valence-corrected chi connectivity index (χ4v) is 9.46. The Morgan fingerprint density at radius 2 is 1.28 bits per heavy atom. The van der Waals surface area contributed by atoms with E-state index in [0.717, 1.165) is 13.1 Å². The molecule has 2 heterocycles. The summed E-state index contributed by atoms with van der Waals surface area (Å²) >= 11 is -2.11. The molecule has 0 saturated carbocycles. The Morgan fingerprint density at radius 3 is 1.72 bits per heavy atom. The minimum absolute atomic E-state index is 0.0323. The first-order valence-corrected chi connectivity index (χ1v) is 22.3. The van der Waals surface area contributed by atoms with Crippen molar-refractivity contribution < 1.29 is 31.4 Å². The molecule has 0 radical (unpaired) electrons. The van der Waals surface area contributed by atoms with Gasteiger partial charge in [0.15, 0.2) is 0 Å². The summed E-state index contributed by atoms with van der Waals surface area (Å²) in [7, 11) is 8.36. The average Bonchev–Trinajstić information content (AvgIpc) is 3.42. The quantitative estimate of drug-likeness (QED) is 0.183. The van der Waals surface area contributed by atoms with Gasteiger partial charge in [-0.25, -0.2) is 0 Å². The molecule has 5 rings (SSSR count). The number of nitrogens with zero attached hydrogens (tertiary/aromatic N) is 3. The van der Waals surface area contributed by atoms with Crippen LogP contribution in [0.4, 0.5) is 11.4 Å². The fraction of sp³-hybridized carbons (Fsp3) is 0.429. The van der Waals surface area contributed by atoms with Gasteiger partial charge in [-0.05, 0) is 63.8 Å². The van der Waals surface area contributed by atoms with Gasteiger partial charge in [0, 0.05) is 24.5 Å². The summed E-state index contributed by atoms with van der Waals surface area (Å²) in [6.07, 6.45) is -0.0323. The van der Waals surface area contributed by atoms with Gasteiger partial charge in [-0.1, -0.05) is 35.4 Å². The molecule has 3 aromatic carbocycles. The van der Waals surface area contributed by atoms with Crippen molar-refractivity contribution in [3.05, 3.63) is 88.1 Å². The number of anilines is 2. The molecular weight excluding hydrogens is 730 g/mol. The van der Waals surface area contributed by atoms with Gasteiger partial charge < -0.3 is 9.80 Å². The summed E-state index contributed by atoms with van der Waals surface area (Å²) in [5.41, 5.74) is 11.5. The van der Waals surface area contributed by atoms with E-state index >= 15 is 0 Å². The molecule has 0 aromatic heterocycles. The molecule has 0 amide bonds. The van der Waals surface area contributed by atoms with Crippen molar-refractivity contribution >= 4 is 45.4 Å². The second-order valence-electron chi connectivity index (χ2n) is 12.2. The summed E-state index contributed by atoms with van der Waals surface area (Å²) in [6, 6.07) is 13.9. The molecule has 46 heavy (non-hydrogen) atoms. The Balaban J connectivity index is 0.000000209. The zero-order valence-corrected chi connectivity index (χ0v) is 32.1. The van der Waals surface area contributed by atoms with Crippen molar-refractivity contribution in [2.24, 2.45) is 0 Å². The Hall–Kier alpha value is -2.00. The minimum atomic E-state index is -3.56. The predicted octanol–water partition coefficient (Wildman–Crippen LogP) is 7.55. The number of morpholine rings is 1. The number of hydrogen-bond acceptors (Lipinski definition) is 6. The molecule has 0 N–H and O–H groups in total. The molecule has 0 bridgehead atoms. The van der Waals surface area contributed by atoms with E-state index in [1.165, 1.54) is 49.1 Å². The van der Waals surface area contributed by atoms with Gasteiger partial charge in [-0.3, -0.25) is 0 Å². The molecular formula is C35H46Cl2N3O4RuS-.